The van der Waals surface area contributed by atoms with E-state index in [4.69, 9.17) is 4.99 Å². The van der Waals surface area contributed by atoms with Gasteiger partial charge in [0.15, 0.2) is 0 Å². The lowest BCUT2D eigenvalue weighted by Gasteiger charge is -2.39. The number of rotatable bonds is 1. The molecular formula is C26H30N2. The zero-order chi connectivity index (χ0) is 19.2. The van der Waals surface area contributed by atoms with Crippen LogP contribution in [-0.2, 0) is 12.8 Å². The van der Waals surface area contributed by atoms with Crippen molar-refractivity contribution in [2.45, 2.75) is 69.9 Å². The molecule has 1 spiro atoms. The highest BCUT2D eigenvalue weighted by molar-refractivity contribution is 6.14. The lowest BCUT2D eigenvalue weighted by molar-refractivity contribution is 0.294. The lowest BCUT2D eigenvalue weighted by Crippen LogP contribution is -2.44. The van der Waals surface area contributed by atoms with Crippen molar-refractivity contribution in [1.82, 2.24) is 5.32 Å². The molecule has 28 heavy (non-hydrogen) atoms. The first-order chi connectivity index (χ1) is 13.5. The van der Waals surface area contributed by atoms with E-state index in [0.717, 1.165) is 12.8 Å². The Morgan fingerprint density at radius 1 is 0.821 bits per heavy atom. The summed E-state index contributed by atoms with van der Waals surface area (Å²) in [5.41, 5.74) is 8.08. The summed E-state index contributed by atoms with van der Waals surface area (Å²) in [4.78, 5) is 5.43. The van der Waals surface area contributed by atoms with E-state index in [2.05, 4.69) is 73.8 Å². The Morgan fingerprint density at radius 2 is 1.46 bits per heavy atom. The van der Waals surface area contributed by atoms with Crippen molar-refractivity contribution in [2.24, 2.45) is 4.99 Å². The topological polar surface area (TPSA) is 24.4 Å². The van der Waals surface area contributed by atoms with Gasteiger partial charge in [0.2, 0.25) is 0 Å². The number of aliphatic imine (C=N–C) groups is 1. The zero-order valence-electron chi connectivity index (χ0n) is 17.1. The molecule has 1 N–H and O–H groups in total. The second kappa shape index (κ2) is 6.62. The van der Waals surface area contributed by atoms with E-state index >= 15 is 0 Å². The molecule has 1 saturated carbocycles. The Morgan fingerprint density at radius 3 is 2.21 bits per heavy atom. The predicted octanol–water partition coefficient (Wildman–Crippen LogP) is 5.70. The minimum Gasteiger partial charge on any atom is -0.379 e. The smallest absolute Gasteiger partial charge is 0.0677 e. The van der Waals surface area contributed by atoms with E-state index in [9.17, 15) is 0 Å². The van der Waals surface area contributed by atoms with Gasteiger partial charge in [-0.2, -0.15) is 0 Å². The number of nitrogens with one attached hydrogen (secondary N) is 1. The molecule has 2 aliphatic heterocycles. The summed E-state index contributed by atoms with van der Waals surface area (Å²) in [7, 11) is 0. The highest BCUT2D eigenvalue weighted by Crippen LogP contribution is 2.39. The maximum Gasteiger partial charge on any atom is 0.0677 e. The molecule has 0 aromatic heterocycles. The summed E-state index contributed by atoms with van der Waals surface area (Å²) >= 11 is 0. The van der Waals surface area contributed by atoms with Crippen LogP contribution in [0.4, 0.5) is 0 Å². The van der Waals surface area contributed by atoms with Crippen LogP contribution in [0.5, 0.6) is 0 Å². The summed E-state index contributed by atoms with van der Waals surface area (Å²) in [5.74, 6) is 0. The molecule has 0 bridgehead atoms. The SMILES string of the molecule is CC1(C)Cc2ccccc2C(=CC2=NC3(CCCCC3)Cc3ccccc32)N1. The number of nitrogens with zero attached hydrogens (tertiary/aromatic N) is 1. The average molecular weight is 371 g/mol. The van der Waals surface area contributed by atoms with E-state index in [1.165, 1.54) is 65.8 Å². The van der Waals surface area contributed by atoms with E-state index in [1.54, 1.807) is 0 Å². The van der Waals surface area contributed by atoms with Gasteiger partial charge in [-0.15, -0.1) is 0 Å². The summed E-state index contributed by atoms with van der Waals surface area (Å²) in [6.45, 7) is 4.58. The molecule has 2 aromatic rings. The summed E-state index contributed by atoms with van der Waals surface area (Å²) in [5, 5.41) is 3.80. The summed E-state index contributed by atoms with van der Waals surface area (Å²) in [6, 6.07) is 17.7. The first-order valence-electron chi connectivity index (χ1n) is 10.8. The molecule has 1 aliphatic carbocycles. The largest absolute Gasteiger partial charge is 0.379 e. The van der Waals surface area contributed by atoms with Gasteiger partial charge in [0, 0.05) is 22.4 Å². The molecule has 0 radical (unpaired) electrons. The van der Waals surface area contributed by atoms with E-state index < -0.39 is 0 Å². The fourth-order valence-corrected chi connectivity index (χ4v) is 5.38. The molecule has 0 amide bonds. The number of hydrogen-bond donors (Lipinski definition) is 1. The maximum absolute atomic E-state index is 5.43. The standard InChI is InChI=1S/C26H30N2/c1-25(2)17-19-10-4-6-12-21(19)23(27-25)16-24-22-13-7-5-11-20(22)18-26(28-24)14-8-3-9-15-26/h4-7,10-13,16,27H,3,8-9,14-15,17-18H2,1-2H3. The van der Waals surface area contributed by atoms with Crippen molar-refractivity contribution in [2.75, 3.05) is 0 Å². The van der Waals surface area contributed by atoms with Gasteiger partial charge >= 0.3 is 0 Å². The number of allylic oxidation sites excluding steroid dienone is 1. The van der Waals surface area contributed by atoms with E-state index in [1.807, 2.05) is 0 Å². The second-order valence-electron chi connectivity index (χ2n) is 9.52. The van der Waals surface area contributed by atoms with Crippen LogP contribution in [0.25, 0.3) is 5.70 Å². The van der Waals surface area contributed by atoms with Crippen molar-refractivity contribution in [3.63, 3.8) is 0 Å². The van der Waals surface area contributed by atoms with Gasteiger partial charge in [-0.3, -0.25) is 4.99 Å². The van der Waals surface area contributed by atoms with E-state index in [-0.39, 0.29) is 11.1 Å². The van der Waals surface area contributed by atoms with Crippen LogP contribution < -0.4 is 5.32 Å². The van der Waals surface area contributed by atoms with Crippen LogP contribution in [0.2, 0.25) is 0 Å². The molecule has 1 fully saturated rings. The molecular weight excluding hydrogens is 340 g/mol. The summed E-state index contributed by atoms with van der Waals surface area (Å²) in [6.07, 6.45) is 10.9. The summed E-state index contributed by atoms with van der Waals surface area (Å²) < 4.78 is 0. The third-order valence-corrected chi connectivity index (χ3v) is 6.65. The third kappa shape index (κ3) is 3.19. The van der Waals surface area contributed by atoms with Gasteiger partial charge in [0.05, 0.1) is 11.3 Å². The highest BCUT2D eigenvalue weighted by Gasteiger charge is 2.36. The third-order valence-electron chi connectivity index (χ3n) is 6.65. The fourth-order valence-electron chi connectivity index (χ4n) is 5.38. The second-order valence-corrected chi connectivity index (χ2v) is 9.52. The van der Waals surface area contributed by atoms with Crippen LogP contribution in [0.15, 0.2) is 59.6 Å². The quantitative estimate of drug-likeness (QED) is 0.684. The Labute approximate surface area is 168 Å². The molecule has 144 valence electrons. The molecule has 5 rings (SSSR count). The van der Waals surface area contributed by atoms with Crippen LogP contribution >= 0.6 is 0 Å². The van der Waals surface area contributed by atoms with Crippen molar-refractivity contribution in [1.29, 1.82) is 0 Å². The first-order valence-corrected chi connectivity index (χ1v) is 10.8. The van der Waals surface area contributed by atoms with Gasteiger partial charge < -0.3 is 5.32 Å². The Balaban J connectivity index is 1.64. The van der Waals surface area contributed by atoms with Gasteiger partial charge in [-0.1, -0.05) is 67.8 Å². The van der Waals surface area contributed by atoms with Crippen molar-refractivity contribution in [3.8, 4) is 0 Å². The Kier molecular flexibility index (Phi) is 4.19. The zero-order valence-corrected chi connectivity index (χ0v) is 17.1. The van der Waals surface area contributed by atoms with Gasteiger partial charge in [-0.25, -0.2) is 0 Å². The van der Waals surface area contributed by atoms with Gasteiger partial charge in [0.25, 0.3) is 0 Å². The number of hydrogen-bond acceptors (Lipinski definition) is 2. The maximum atomic E-state index is 5.43. The van der Waals surface area contributed by atoms with Crippen molar-refractivity contribution >= 4 is 11.4 Å². The fraction of sp³-hybridized carbons (Fsp3) is 0.423. The highest BCUT2D eigenvalue weighted by atomic mass is 15.0. The molecule has 0 unspecified atom stereocenters. The monoisotopic (exact) mass is 370 g/mol. The minimum atomic E-state index is 0.0530. The van der Waals surface area contributed by atoms with E-state index in [0.29, 0.717) is 0 Å². The molecule has 2 heterocycles. The van der Waals surface area contributed by atoms with Gasteiger partial charge in [-0.05, 0) is 56.7 Å². The predicted molar refractivity (Wildman–Crippen MR) is 118 cm³/mol. The molecule has 2 aromatic carbocycles. The number of benzene rings is 2. The first kappa shape index (κ1) is 17.7. The molecule has 0 atom stereocenters. The Hall–Kier alpha value is -2.35. The normalized spacial score (nSPS) is 23.5. The van der Waals surface area contributed by atoms with Crippen molar-refractivity contribution < 1.29 is 0 Å². The van der Waals surface area contributed by atoms with Crippen LogP contribution in [-0.4, -0.2) is 16.8 Å². The number of fused-ring (bicyclic) bond motifs is 2. The molecule has 0 saturated heterocycles. The van der Waals surface area contributed by atoms with Crippen molar-refractivity contribution in [3.05, 3.63) is 76.9 Å². The molecule has 2 heteroatoms. The minimum absolute atomic E-state index is 0.0530. The molecule has 3 aliphatic rings. The molecule has 2 nitrogen and oxygen atoms in total. The van der Waals surface area contributed by atoms with Crippen LogP contribution in [0.3, 0.4) is 0 Å². The lowest BCUT2D eigenvalue weighted by atomic mass is 9.74. The Bertz CT molecular complexity index is 958. The van der Waals surface area contributed by atoms with Gasteiger partial charge in [0.1, 0.15) is 0 Å². The average Bonchev–Trinajstić information content (AvgIpc) is 2.68. The van der Waals surface area contributed by atoms with Crippen LogP contribution in [0.1, 0.15) is 68.2 Å². The van der Waals surface area contributed by atoms with Crippen LogP contribution in [0, 0.1) is 0 Å².